The summed E-state index contributed by atoms with van der Waals surface area (Å²) in [5, 5.41) is 19.2. The molecule has 0 spiro atoms. The molecule has 1 heterocycles. The van der Waals surface area contributed by atoms with E-state index in [9.17, 15) is 14.9 Å². The SMILES string of the molecule is O=C(O)Cc1cccc(OCc2ccc([N+](=O)[O-])o2)c1. The number of hydrogen-bond donors (Lipinski definition) is 1. The van der Waals surface area contributed by atoms with Crippen LogP contribution < -0.4 is 4.74 Å². The zero-order valence-corrected chi connectivity index (χ0v) is 10.3. The van der Waals surface area contributed by atoms with E-state index >= 15 is 0 Å². The molecule has 1 aromatic heterocycles. The van der Waals surface area contributed by atoms with Crippen LogP contribution >= 0.6 is 0 Å². The number of nitrogens with zero attached hydrogens (tertiary/aromatic N) is 1. The van der Waals surface area contributed by atoms with E-state index in [1.807, 2.05) is 0 Å². The summed E-state index contributed by atoms with van der Waals surface area (Å²) >= 11 is 0. The standard InChI is InChI=1S/C13H11NO6/c15-13(16)7-9-2-1-3-10(6-9)19-8-11-4-5-12(20-11)14(17)18/h1-6H,7-8H2,(H,15,16). The summed E-state index contributed by atoms with van der Waals surface area (Å²) < 4.78 is 10.3. The second kappa shape index (κ2) is 5.87. The number of carbonyl (C=O) groups is 1. The molecule has 0 aliphatic carbocycles. The molecule has 0 bridgehead atoms. The van der Waals surface area contributed by atoms with Gasteiger partial charge < -0.3 is 14.3 Å². The predicted molar refractivity (Wildman–Crippen MR) is 67.5 cm³/mol. The zero-order valence-electron chi connectivity index (χ0n) is 10.3. The van der Waals surface area contributed by atoms with Crippen molar-refractivity contribution >= 4 is 11.9 Å². The fourth-order valence-electron chi connectivity index (χ4n) is 1.62. The molecule has 0 saturated heterocycles. The number of aliphatic carboxylic acids is 1. The van der Waals surface area contributed by atoms with Gasteiger partial charge in [-0.3, -0.25) is 14.9 Å². The van der Waals surface area contributed by atoms with Gasteiger partial charge in [0.1, 0.15) is 23.0 Å². The maximum absolute atomic E-state index is 10.6. The van der Waals surface area contributed by atoms with Crippen LogP contribution in [-0.4, -0.2) is 16.0 Å². The van der Waals surface area contributed by atoms with Crippen molar-refractivity contribution in [3.8, 4) is 5.75 Å². The van der Waals surface area contributed by atoms with E-state index in [1.54, 1.807) is 24.3 Å². The number of rotatable bonds is 6. The Morgan fingerprint density at radius 1 is 1.35 bits per heavy atom. The van der Waals surface area contributed by atoms with Crippen molar-refractivity contribution in [2.75, 3.05) is 0 Å². The lowest BCUT2D eigenvalue weighted by Gasteiger charge is -2.05. The van der Waals surface area contributed by atoms with Gasteiger partial charge in [0.15, 0.2) is 0 Å². The third kappa shape index (κ3) is 3.58. The molecule has 7 nitrogen and oxygen atoms in total. The van der Waals surface area contributed by atoms with Gasteiger partial charge in [-0.15, -0.1) is 0 Å². The van der Waals surface area contributed by atoms with Crippen LogP contribution in [0, 0.1) is 10.1 Å². The number of hydrogen-bond acceptors (Lipinski definition) is 5. The van der Waals surface area contributed by atoms with Crippen LogP contribution in [0.4, 0.5) is 5.88 Å². The summed E-state index contributed by atoms with van der Waals surface area (Å²) in [5.41, 5.74) is 0.612. The average molecular weight is 277 g/mol. The lowest BCUT2D eigenvalue weighted by molar-refractivity contribution is -0.402. The summed E-state index contributed by atoms with van der Waals surface area (Å²) in [6.07, 6.45) is -0.0938. The fraction of sp³-hybridized carbons (Fsp3) is 0.154. The number of carboxylic acids is 1. The van der Waals surface area contributed by atoms with Gasteiger partial charge in [0, 0.05) is 0 Å². The molecule has 0 saturated carbocycles. The minimum absolute atomic E-state index is 0.0321. The molecule has 20 heavy (non-hydrogen) atoms. The highest BCUT2D eigenvalue weighted by atomic mass is 16.6. The van der Waals surface area contributed by atoms with E-state index in [0.717, 1.165) is 0 Å². The molecule has 0 amide bonds. The molecule has 0 aliphatic rings. The van der Waals surface area contributed by atoms with Gasteiger partial charge in [-0.2, -0.15) is 0 Å². The molecule has 1 N–H and O–H groups in total. The molecule has 0 atom stereocenters. The Bertz CT molecular complexity index is 633. The molecular weight excluding hydrogens is 266 g/mol. The first-order valence-electron chi connectivity index (χ1n) is 5.71. The Morgan fingerprint density at radius 2 is 2.15 bits per heavy atom. The minimum Gasteiger partial charge on any atom is -0.486 e. The van der Waals surface area contributed by atoms with E-state index in [0.29, 0.717) is 17.1 Å². The van der Waals surface area contributed by atoms with Gasteiger partial charge >= 0.3 is 11.9 Å². The van der Waals surface area contributed by atoms with Crippen molar-refractivity contribution in [3.05, 3.63) is 57.8 Å². The van der Waals surface area contributed by atoms with Gasteiger partial charge in [0.05, 0.1) is 12.5 Å². The molecule has 1 aromatic carbocycles. The summed E-state index contributed by atoms with van der Waals surface area (Å²) in [7, 11) is 0. The van der Waals surface area contributed by atoms with Crippen LogP contribution in [-0.2, 0) is 17.8 Å². The number of ether oxygens (including phenoxy) is 1. The van der Waals surface area contributed by atoms with E-state index < -0.39 is 10.9 Å². The lowest BCUT2D eigenvalue weighted by atomic mass is 10.1. The Labute approximate surface area is 113 Å². The second-order valence-corrected chi connectivity index (χ2v) is 4.00. The second-order valence-electron chi connectivity index (χ2n) is 4.00. The average Bonchev–Trinajstić information content (AvgIpc) is 2.85. The molecule has 0 radical (unpaired) electrons. The summed E-state index contributed by atoms with van der Waals surface area (Å²) in [6.45, 7) is 0.0321. The molecular formula is C13H11NO6. The molecule has 0 unspecified atom stereocenters. The number of furan rings is 1. The molecule has 0 aliphatic heterocycles. The Hall–Kier alpha value is -2.83. The monoisotopic (exact) mass is 277 g/mol. The first kappa shape index (κ1) is 13.6. The third-order valence-electron chi connectivity index (χ3n) is 2.46. The maximum Gasteiger partial charge on any atom is 0.433 e. The predicted octanol–water partition coefficient (Wildman–Crippen LogP) is 2.39. The van der Waals surface area contributed by atoms with E-state index in [4.69, 9.17) is 14.3 Å². The van der Waals surface area contributed by atoms with Gasteiger partial charge in [-0.05, 0) is 23.8 Å². The third-order valence-corrected chi connectivity index (χ3v) is 2.46. The van der Waals surface area contributed by atoms with E-state index in [1.165, 1.54) is 12.1 Å². The summed E-state index contributed by atoms with van der Waals surface area (Å²) in [6, 6.07) is 9.34. The topological polar surface area (TPSA) is 103 Å². The van der Waals surface area contributed by atoms with Crippen LogP contribution in [0.2, 0.25) is 0 Å². The van der Waals surface area contributed by atoms with Gasteiger partial charge in [0.25, 0.3) is 0 Å². The van der Waals surface area contributed by atoms with Crippen molar-refractivity contribution in [2.24, 2.45) is 0 Å². The highest BCUT2D eigenvalue weighted by molar-refractivity contribution is 5.70. The molecule has 2 rings (SSSR count). The molecule has 104 valence electrons. The number of benzene rings is 1. The van der Waals surface area contributed by atoms with Gasteiger partial charge in [-0.25, -0.2) is 0 Å². The Morgan fingerprint density at radius 3 is 2.80 bits per heavy atom. The molecule has 7 heteroatoms. The largest absolute Gasteiger partial charge is 0.486 e. The molecule has 0 fully saturated rings. The van der Waals surface area contributed by atoms with E-state index in [-0.39, 0.29) is 18.9 Å². The molecule has 2 aromatic rings. The smallest absolute Gasteiger partial charge is 0.433 e. The van der Waals surface area contributed by atoms with Crippen molar-refractivity contribution in [1.29, 1.82) is 0 Å². The quantitative estimate of drug-likeness (QED) is 0.642. The first-order chi connectivity index (χ1) is 9.54. The van der Waals surface area contributed by atoms with Crippen LogP contribution in [0.1, 0.15) is 11.3 Å². The highest BCUT2D eigenvalue weighted by Gasteiger charge is 2.12. The Balaban J connectivity index is 1.99. The van der Waals surface area contributed by atoms with Gasteiger partial charge in [-0.1, -0.05) is 12.1 Å². The number of nitro groups is 1. The summed E-state index contributed by atoms with van der Waals surface area (Å²) in [5.74, 6) is -0.477. The summed E-state index contributed by atoms with van der Waals surface area (Å²) in [4.78, 5) is 20.4. The van der Waals surface area contributed by atoms with Crippen molar-refractivity contribution < 1.29 is 24.0 Å². The van der Waals surface area contributed by atoms with Crippen LogP contribution in [0.3, 0.4) is 0 Å². The van der Waals surface area contributed by atoms with Crippen molar-refractivity contribution in [3.63, 3.8) is 0 Å². The van der Waals surface area contributed by atoms with Crippen LogP contribution in [0.15, 0.2) is 40.8 Å². The highest BCUT2D eigenvalue weighted by Crippen LogP contribution is 2.19. The van der Waals surface area contributed by atoms with Crippen LogP contribution in [0.5, 0.6) is 5.75 Å². The van der Waals surface area contributed by atoms with Crippen molar-refractivity contribution in [1.82, 2.24) is 0 Å². The Kier molecular flexibility index (Phi) is 3.99. The normalized spacial score (nSPS) is 10.2. The zero-order chi connectivity index (χ0) is 14.5. The number of carboxylic acid groups (broad SMARTS) is 1. The van der Waals surface area contributed by atoms with Crippen molar-refractivity contribution in [2.45, 2.75) is 13.0 Å². The maximum atomic E-state index is 10.6. The van der Waals surface area contributed by atoms with Gasteiger partial charge in [0.2, 0.25) is 0 Å². The first-order valence-corrected chi connectivity index (χ1v) is 5.71. The fourth-order valence-corrected chi connectivity index (χ4v) is 1.62. The lowest BCUT2D eigenvalue weighted by Crippen LogP contribution is -2.00. The van der Waals surface area contributed by atoms with E-state index in [2.05, 4.69) is 0 Å². The minimum atomic E-state index is -0.927. The van der Waals surface area contributed by atoms with Crippen LogP contribution in [0.25, 0.3) is 0 Å².